The zero-order chi connectivity index (χ0) is 10.9. The average molecular weight is 221 g/mol. The molecule has 0 aliphatic carbocycles. The summed E-state index contributed by atoms with van der Waals surface area (Å²) in [6, 6.07) is 8.28. The van der Waals surface area contributed by atoms with Crippen molar-refractivity contribution in [2.45, 2.75) is 19.4 Å². The monoisotopic (exact) mass is 221 g/mol. The van der Waals surface area contributed by atoms with E-state index in [1.807, 2.05) is 12.1 Å². The smallest absolute Gasteiger partial charge is 0.0763 e. The molecule has 0 aliphatic heterocycles. The van der Waals surface area contributed by atoms with Crippen molar-refractivity contribution in [1.82, 2.24) is 0 Å². The molecule has 3 heteroatoms. The van der Waals surface area contributed by atoms with Crippen LogP contribution < -0.4 is 5.32 Å². The molecule has 0 saturated heterocycles. The van der Waals surface area contributed by atoms with E-state index in [4.69, 9.17) is 0 Å². The maximum Gasteiger partial charge on any atom is 0.0763 e. The minimum Gasteiger partial charge on any atom is -0.389 e. The van der Waals surface area contributed by atoms with Crippen molar-refractivity contribution in [3.63, 3.8) is 0 Å². The van der Waals surface area contributed by atoms with Gasteiger partial charge in [0.1, 0.15) is 0 Å². The highest BCUT2D eigenvalue weighted by atomic mass is 32.1. The maximum atomic E-state index is 9.64. The molecule has 1 aromatic heterocycles. The van der Waals surface area contributed by atoms with E-state index in [2.05, 4.69) is 22.8 Å². The van der Waals surface area contributed by atoms with Crippen LogP contribution in [0.25, 0.3) is 10.1 Å². The van der Waals surface area contributed by atoms with Crippen LogP contribution in [0.1, 0.15) is 13.8 Å². The van der Waals surface area contributed by atoms with Gasteiger partial charge in [-0.2, -0.15) is 0 Å². The van der Waals surface area contributed by atoms with Gasteiger partial charge in [0.15, 0.2) is 0 Å². The van der Waals surface area contributed by atoms with Crippen LogP contribution in [-0.4, -0.2) is 17.3 Å². The quantitative estimate of drug-likeness (QED) is 0.834. The van der Waals surface area contributed by atoms with E-state index in [0.29, 0.717) is 6.54 Å². The first-order valence-electron chi connectivity index (χ1n) is 4.99. The third kappa shape index (κ3) is 2.49. The lowest BCUT2D eigenvalue weighted by atomic mass is 10.1. The molecule has 0 aliphatic rings. The van der Waals surface area contributed by atoms with Crippen LogP contribution >= 0.6 is 11.3 Å². The fraction of sp³-hybridized carbons (Fsp3) is 0.333. The summed E-state index contributed by atoms with van der Waals surface area (Å²) in [5, 5.41) is 16.3. The van der Waals surface area contributed by atoms with Gasteiger partial charge in [-0.3, -0.25) is 0 Å². The van der Waals surface area contributed by atoms with E-state index in [1.54, 1.807) is 25.2 Å². The van der Waals surface area contributed by atoms with Crippen LogP contribution in [0.15, 0.2) is 29.6 Å². The van der Waals surface area contributed by atoms with Crippen molar-refractivity contribution >= 4 is 27.1 Å². The van der Waals surface area contributed by atoms with E-state index in [-0.39, 0.29) is 0 Å². The van der Waals surface area contributed by atoms with E-state index in [1.165, 1.54) is 10.1 Å². The second-order valence-corrected chi connectivity index (χ2v) is 5.23. The van der Waals surface area contributed by atoms with Crippen LogP contribution in [-0.2, 0) is 0 Å². The summed E-state index contributed by atoms with van der Waals surface area (Å²) in [5.74, 6) is 0. The lowest BCUT2D eigenvalue weighted by Gasteiger charge is -2.18. The predicted octanol–water partition coefficient (Wildman–Crippen LogP) is 3.08. The minimum absolute atomic E-state index is 0.560. The van der Waals surface area contributed by atoms with Crippen molar-refractivity contribution in [2.24, 2.45) is 0 Å². The van der Waals surface area contributed by atoms with Gasteiger partial charge in [0.05, 0.1) is 16.0 Å². The van der Waals surface area contributed by atoms with Crippen LogP contribution in [0, 0.1) is 0 Å². The Kier molecular flexibility index (Phi) is 2.67. The lowest BCUT2D eigenvalue weighted by Crippen LogP contribution is -2.29. The lowest BCUT2D eigenvalue weighted by molar-refractivity contribution is 0.0945. The summed E-state index contributed by atoms with van der Waals surface area (Å²) >= 11 is 1.72. The van der Waals surface area contributed by atoms with E-state index in [9.17, 15) is 5.11 Å². The van der Waals surface area contributed by atoms with E-state index >= 15 is 0 Å². The Bertz CT molecular complexity index is 456. The molecule has 0 atom stereocenters. The Balaban J connectivity index is 2.24. The summed E-state index contributed by atoms with van der Waals surface area (Å²) in [4.78, 5) is 0. The van der Waals surface area contributed by atoms with Crippen LogP contribution in [0.2, 0.25) is 0 Å². The first kappa shape index (κ1) is 10.5. The molecule has 0 saturated carbocycles. The molecule has 2 aromatic rings. The Hall–Kier alpha value is -1.06. The highest BCUT2D eigenvalue weighted by Gasteiger charge is 2.12. The van der Waals surface area contributed by atoms with Gasteiger partial charge in [0.2, 0.25) is 0 Å². The number of thiophene rings is 1. The van der Waals surface area contributed by atoms with Crippen molar-refractivity contribution in [1.29, 1.82) is 0 Å². The number of hydrogen-bond donors (Lipinski definition) is 2. The van der Waals surface area contributed by atoms with E-state index < -0.39 is 5.60 Å². The number of hydrogen-bond acceptors (Lipinski definition) is 3. The van der Waals surface area contributed by atoms with Crippen molar-refractivity contribution in [3.8, 4) is 0 Å². The van der Waals surface area contributed by atoms with Crippen molar-refractivity contribution < 1.29 is 5.11 Å². The Morgan fingerprint density at radius 3 is 2.87 bits per heavy atom. The molecule has 2 nitrogen and oxygen atoms in total. The first-order valence-corrected chi connectivity index (χ1v) is 5.87. The first-order chi connectivity index (χ1) is 7.06. The maximum absolute atomic E-state index is 9.64. The summed E-state index contributed by atoms with van der Waals surface area (Å²) in [5.41, 5.74) is 0.420. The molecule has 80 valence electrons. The van der Waals surface area contributed by atoms with Crippen molar-refractivity contribution in [2.75, 3.05) is 11.9 Å². The number of benzene rings is 1. The number of nitrogens with one attached hydrogen (secondary N) is 1. The number of anilines is 1. The topological polar surface area (TPSA) is 32.3 Å². The molecule has 0 spiro atoms. The van der Waals surface area contributed by atoms with Crippen LogP contribution in [0.5, 0.6) is 0 Å². The number of fused-ring (bicyclic) bond motifs is 1. The number of rotatable bonds is 3. The van der Waals surface area contributed by atoms with E-state index in [0.717, 1.165) is 5.69 Å². The molecule has 0 radical (unpaired) electrons. The fourth-order valence-electron chi connectivity index (χ4n) is 1.44. The van der Waals surface area contributed by atoms with Gasteiger partial charge >= 0.3 is 0 Å². The second kappa shape index (κ2) is 3.83. The molecule has 1 heterocycles. The summed E-state index contributed by atoms with van der Waals surface area (Å²) < 4.78 is 1.25. The van der Waals surface area contributed by atoms with Gasteiger partial charge in [-0.05, 0) is 36.7 Å². The van der Waals surface area contributed by atoms with Crippen molar-refractivity contribution in [3.05, 3.63) is 29.6 Å². The third-order valence-electron chi connectivity index (χ3n) is 2.19. The van der Waals surface area contributed by atoms with Gasteiger partial charge in [-0.15, -0.1) is 11.3 Å². The normalized spacial score (nSPS) is 11.9. The Labute approximate surface area is 93.6 Å². The minimum atomic E-state index is -0.681. The summed E-state index contributed by atoms with van der Waals surface area (Å²) in [6.45, 7) is 4.16. The fourth-order valence-corrected chi connectivity index (χ4v) is 2.33. The van der Waals surface area contributed by atoms with Crippen LogP contribution in [0.4, 0.5) is 5.69 Å². The molecule has 0 unspecified atom stereocenters. The zero-order valence-corrected chi connectivity index (χ0v) is 9.77. The van der Waals surface area contributed by atoms with Gasteiger partial charge in [0, 0.05) is 6.54 Å². The molecule has 2 rings (SSSR count). The van der Waals surface area contributed by atoms with Gasteiger partial charge in [-0.25, -0.2) is 0 Å². The Morgan fingerprint density at radius 1 is 1.33 bits per heavy atom. The molecule has 1 aromatic carbocycles. The van der Waals surface area contributed by atoms with Gasteiger partial charge in [-0.1, -0.05) is 12.1 Å². The summed E-state index contributed by atoms with van der Waals surface area (Å²) in [6.07, 6.45) is 0. The van der Waals surface area contributed by atoms with Crippen LogP contribution in [0.3, 0.4) is 0 Å². The predicted molar refractivity (Wildman–Crippen MR) is 66.6 cm³/mol. The average Bonchev–Trinajstić information content (AvgIpc) is 2.61. The molecular formula is C12H15NOS. The summed E-state index contributed by atoms with van der Waals surface area (Å²) in [7, 11) is 0. The second-order valence-electron chi connectivity index (χ2n) is 4.31. The highest BCUT2D eigenvalue weighted by molar-refractivity contribution is 7.17. The molecular weight excluding hydrogens is 206 g/mol. The molecule has 0 amide bonds. The molecule has 15 heavy (non-hydrogen) atoms. The number of aliphatic hydroxyl groups is 1. The van der Waals surface area contributed by atoms with Gasteiger partial charge in [0.25, 0.3) is 0 Å². The molecule has 2 N–H and O–H groups in total. The molecule has 0 fully saturated rings. The zero-order valence-electron chi connectivity index (χ0n) is 8.95. The SMILES string of the molecule is CC(C)(O)CNc1cccc2ccsc12. The van der Waals surface area contributed by atoms with Gasteiger partial charge < -0.3 is 10.4 Å². The standard InChI is InChI=1S/C12H15NOS/c1-12(2,14)8-13-10-5-3-4-9-6-7-15-11(9)10/h3-7,13-14H,8H2,1-2H3. The third-order valence-corrected chi connectivity index (χ3v) is 3.15. The molecule has 0 bridgehead atoms. The largest absolute Gasteiger partial charge is 0.389 e. The Morgan fingerprint density at radius 2 is 2.13 bits per heavy atom. The highest BCUT2D eigenvalue weighted by Crippen LogP contribution is 2.28.